The second-order valence-corrected chi connectivity index (χ2v) is 16.1. The van der Waals surface area contributed by atoms with E-state index in [9.17, 15) is 0 Å². The first-order chi connectivity index (χ1) is 31.2. The molecule has 0 atom stereocenters. The highest BCUT2D eigenvalue weighted by Crippen LogP contribution is 2.35. The van der Waals surface area contributed by atoms with Crippen molar-refractivity contribution in [1.82, 2.24) is 0 Å². The maximum Gasteiger partial charge on any atom is 0.788 e. The van der Waals surface area contributed by atoms with Crippen molar-refractivity contribution in [1.29, 1.82) is 0 Å². The monoisotopic (exact) mass is 844 g/mol. The summed E-state index contributed by atoms with van der Waals surface area (Å²) in [5, 5.41) is 0. The van der Waals surface area contributed by atoms with E-state index in [4.69, 9.17) is 41.9 Å². The number of hydrogen-bond donors (Lipinski definition) is 0. The van der Waals surface area contributed by atoms with Crippen molar-refractivity contribution in [2.24, 2.45) is 0 Å². The Labute approximate surface area is 373 Å². The standard InChI is InChI=1S/C51H55B3O9/c1-7-19-41(20-8-1)43-31-35-49(36-32-43)61-54(62-50-37-33-44(34-38-50)42-21-9-2-10-22-42)63-51(39-55-52(57-45-23-11-3-12-24-45)58-46-25-13-4-14-26-46)40-56-53(59-47-27-15-5-16-28-47)60-48-29-17-6-18-30-48/h3-6,11-18,23-38,41-42,51H,1-2,7-10,19-22,39-40H2. The first-order valence-corrected chi connectivity index (χ1v) is 22.5. The van der Waals surface area contributed by atoms with Crippen LogP contribution >= 0.6 is 0 Å². The molecule has 6 aromatic rings. The summed E-state index contributed by atoms with van der Waals surface area (Å²) in [5.41, 5.74) is 2.65. The Kier molecular flexibility index (Phi) is 16.4. The van der Waals surface area contributed by atoms with Crippen molar-refractivity contribution in [3.63, 3.8) is 0 Å². The Hall–Kier alpha value is -5.81. The van der Waals surface area contributed by atoms with Crippen molar-refractivity contribution in [2.45, 2.75) is 82.1 Å². The smallest absolute Gasteiger partial charge is 0.501 e. The lowest BCUT2D eigenvalue weighted by Crippen LogP contribution is -2.45. The van der Waals surface area contributed by atoms with Crippen molar-refractivity contribution in [2.75, 3.05) is 13.2 Å². The third-order valence-electron chi connectivity index (χ3n) is 11.4. The molecule has 2 fully saturated rings. The summed E-state index contributed by atoms with van der Waals surface area (Å²) >= 11 is 0. The molecular formula is C51H55B3O9. The van der Waals surface area contributed by atoms with Gasteiger partial charge in [-0.2, -0.15) is 0 Å². The second kappa shape index (κ2) is 23.6. The zero-order valence-electron chi connectivity index (χ0n) is 35.8. The number of para-hydroxylation sites is 4. The lowest BCUT2D eigenvalue weighted by molar-refractivity contribution is 0.0254. The molecule has 0 aliphatic heterocycles. The first-order valence-electron chi connectivity index (χ1n) is 22.5. The molecule has 12 heteroatoms. The van der Waals surface area contributed by atoms with E-state index in [0.717, 1.165) is 0 Å². The maximum atomic E-state index is 6.74. The molecule has 2 aliphatic carbocycles. The third kappa shape index (κ3) is 14.1. The van der Waals surface area contributed by atoms with Crippen LogP contribution in [0, 0.1) is 0 Å². The van der Waals surface area contributed by atoms with E-state index in [-0.39, 0.29) is 13.2 Å². The Morgan fingerprint density at radius 2 is 0.619 bits per heavy atom. The van der Waals surface area contributed by atoms with Crippen LogP contribution in [0.25, 0.3) is 0 Å². The van der Waals surface area contributed by atoms with Crippen molar-refractivity contribution in [3.05, 3.63) is 181 Å². The highest BCUT2D eigenvalue weighted by atomic mass is 16.8. The zero-order valence-corrected chi connectivity index (χ0v) is 35.8. The highest BCUT2D eigenvalue weighted by molar-refractivity contribution is 6.39. The summed E-state index contributed by atoms with van der Waals surface area (Å²) in [6, 6.07) is 54.1. The van der Waals surface area contributed by atoms with Crippen LogP contribution in [0.3, 0.4) is 0 Å². The van der Waals surface area contributed by atoms with Crippen LogP contribution in [-0.4, -0.2) is 41.3 Å². The lowest BCUT2D eigenvalue weighted by Gasteiger charge is -2.25. The van der Waals surface area contributed by atoms with E-state index in [1.165, 1.54) is 75.3 Å². The summed E-state index contributed by atoms with van der Waals surface area (Å²) in [6.45, 7) is -0.142. The Morgan fingerprint density at radius 3 is 0.937 bits per heavy atom. The average molecular weight is 844 g/mol. The maximum absolute atomic E-state index is 6.74. The Morgan fingerprint density at radius 1 is 0.333 bits per heavy atom. The van der Waals surface area contributed by atoms with Gasteiger partial charge in [0, 0.05) is 0 Å². The fraction of sp³-hybridized carbons (Fsp3) is 0.294. The van der Waals surface area contributed by atoms with Gasteiger partial charge in [0.1, 0.15) is 34.5 Å². The molecule has 0 amide bonds. The molecule has 0 aromatic heterocycles. The average Bonchev–Trinajstić information content (AvgIpc) is 3.34. The predicted octanol–water partition coefficient (Wildman–Crippen LogP) is 11.9. The molecular weight excluding hydrogens is 789 g/mol. The molecule has 322 valence electrons. The summed E-state index contributed by atoms with van der Waals surface area (Å²) in [6.07, 6.45) is 11.7. The topological polar surface area (TPSA) is 83.1 Å². The molecule has 63 heavy (non-hydrogen) atoms. The first kappa shape index (κ1) is 43.8. The highest BCUT2D eigenvalue weighted by Gasteiger charge is 2.37. The molecule has 0 bridgehead atoms. The summed E-state index contributed by atoms with van der Waals surface area (Å²) < 4.78 is 57.5. The predicted molar refractivity (Wildman–Crippen MR) is 248 cm³/mol. The number of hydrogen-bond acceptors (Lipinski definition) is 9. The molecule has 2 aliphatic rings. The zero-order chi connectivity index (χ0) is 42.7. The molecule has 9 nitrogen and oxygen atoms in total. The van der Waals surface area contributed by atoms with Gasteiger partial charge in [0.05, 0.1) is 19.3 Å². The molecule has 0 heterocycles. The number of rotatable bonds is 22. The van der Waals surface area contributed by atoms with Crippen LogP contribution in [0.2, 0.25) is 0 Å². The van der Waals surface area contributed by atoms with Crippen LogP contribution in [-0.2, 0) is 14.0 Å². The normalized spacial score (nSPS) is 14.4. The van der Waals surface area contributed by atoms with Gasteiger partial charge in [-0.25, -0.2) is 0 Å². The van der Waals surface area contributed by atoms with Crippen LogP contribution in [0.15, 0.2) is 170 Å². The van der Waals surface area contributed by atoms with Gasteiger partial charge in [0.2, 0.25) is 0 Å². The molecule has 0 N–H and O–H groups in total. The van der Waals surface area contributed by atoms with Crippen LogP contribution in [0.4, 0.5) is 0 Å². The molecule has 0 radical (unpaired) electrons. The van der Waals surface area contributed by atoms with Gasteiger partial charge in [-0.1, -0.05) is 136 Å². The van der Waals surface area contributed by atoms with Gasteiger partial charge in [-0.15, -0.1) is 0 Å². The minimum atomic E-state index is -1.21. The van der Waals surface area contributed by atoms with Crippen molar-refractivity contribution >= 4 is 22.0 Å². The fourth-order valence-electron chi connectivity index (χ4n) is 8.09. The minimum Gasteiger partial charge on any atom is -0.501 e. The van der Waals surface area contributed by atoms with E-state index >= 15 is 0 Å². The molecule has 6 aromatic carbocycles. The fourth-order valence-corrected chi connectivity index (χ4v) is 8.09. The van der Waals surface area contributed by atoms with E-state index in [1.54, 1.807) is 0 Å². The third-order valence-corrected chi connectivity index (χ3v) is 11.4. The minimum absolute atomic E-state index is 0.0712. The van der Waals surface area contributed by atoms with E-state index in [1.807, 2.05) is 146 Å². The van der Waals surface area contributed by atoms with Crippen molar-refractivity contribution < 1.29 is 41.9 Å². The number of benzene rings is 6. The SMILES string of the molecule is c1ccc(OB(OCC(COB(Oc2ccccc2)Oc2ccccc2)OB(Oc2ccc(C3CCCCC3)cc2)Oc2ccc(C3CCCCC3)cc2)Oc2ccccc2)cc1. The molecule has 8 rings (SSSR count). The van der Waals surface area contributed by atoms with Gasteiger partial charge in [-0.05, 0) is 121 Å². The van der Waals surface area contributed by atoms with E-state index in [0.29, 0.717) is 46.3 Å². The molecule has 2 saturated carbocycles. The lowest BCUT2D eigenvalue weighted by atomic mass is 9.84. The molecule has 0 spiro atoms. The van der Waals surface area contributed by atoms with Gasteiger partial charge in [-0.3, -0.25) is 0 Å². The Bertz CT molecular complexity index is 1920. The molecule has 0 saturated heterocycles. The van der Waals surface area contributed by atoms with E-state index < -0.39 is 28.1 Å². The van der Waals surface area contributed by atoms with Gasteiger partial charge in [0.15, 0.2) is 0 Å². The Balaban J connectivity index is 1.05. The van der Waals surface area contributed by atoms with Crippen molar-refractivity contribution in [3.8, 4) is 34.5 Å². The second-order valence-electron chi connectivity index (χ2n) is 16.1. The summed E-state index contributed by atoms with van der Waals surface area (Å²) in [5.74, 6) is 4.60. The van der Waals surface area contributed by atoms with Crippen LogP contribution in [0.5, 0.6) is 34.5 Å². The quantitative estimate of drug-likeness (QED) is 0.0620. The van der Waals surface area contributed by atoms with Gasteiger partial charge < -0.3 is 41.9 Å². The van der Waals surface area contributed by atoms with Crippen LogP contribution in [0.1, 0.15) is 87.2 Å². The van der Waals surface area contributed by atoms with Gasteiger partial charge >= 0.3 is 22.0 Å². The van der Waals surface area contributed by atoms with Crippen LogP contribution < -0.4 is 27.9 Å². The summed E-state index contributed by atoms with van der Waals surface area (Å²) in [7, 11) is -3.52. The summed E-state index contributed by atoms with van der Waals surface area (Å²) in [4.78, 5) is 0. The molecule has 0 unspecified atom stereocenters. The largest absolute Gasteiger partial charge is 0.788 e. The van der Waals surface area contributed by atoms with Gasteiger partial charge in [0.25, 0.3) is 0 Å². The van der Waals surface area contributed by atoms with E-state index in [2.05, 4.69) is 24.3 Å².